The fourth-order valence-corrected chi connectivity index (χ4v) is 3.46. The van der Waals surface area contributed by atoms with Crippen LogP contribution in [0.15, 0.2) is 72.1 Å². The van der Waals surface area contributed by atoms with Gasteiger partial charge in [0.2, 0.25) is 0 Å². The van der Waals surface area contributed by atoms with Crippen LogP contribution in [0.4, 0.5) is 0 Å². The summed E-state index contributed by atoms with van der Waals surface area (Å²) in [7, 11) is -3.90. The van der Waals surface area contributed by atoms with Crippen LogP contribution in [0.2, 0.25) is 0 Å². The van der Waals surface area contributed by atoms with E-state index in [1.54, 1.807) is 18.2 Å². The third kappa shape index (κ3) is 7.27. The summed E-state index contributed by atoms with van der Waals surface area (Å²) < 4.78 is 35.2. The maximum absolute atomic E-state index is 12.2. The Hall–Kier alpha value is -1.99. The molecule has 0 radical (unpaired) electrons. The van der Waals surface area contributed by atoms with Gasteiger partial charge in [0, 0.05) is 6.42 Å². The number of aliphatic hydroxyl groups excluding tert-OH is 1. The first kappa shape index (κ1) is 21.3. The second-order valence-electron chi connectivity index (χ2n) is 6.38. The molecule has 2 atom stereocenters. The van der Waals surface area contributed by atoms with Gasteiger partial charge >= 0.3 is 0 Å². The van der Waals surface area contributed by atoms with Crippen molar-refractivity contribution in [1.29, 1.82) is 0 Å². The van der Waals surface area contributed by atoms with E-state index in [0.29, 0.717) is 13.0 Å². The van der Waals surface area contributed by atoms with Gasteiger partial charge in [-0.25, -0.2) is 0 Å². The van der Waals surface area contributed by atoms with E-state index in [1.165, 1.54) is 12.1 Å². The first-order valence-corrected chi connectivity index (χ1v) is 10.2. The number of rotatable bonds is 11. The van der Waals surface area contributed by atoms with Crippen LogP contribution in [0.25, 0.3) is 0 Å². The molecule has 0 fully saturated rings. The molecular formula is C21H26O5S. The average molecular weight is 391 g/mol. The van der Waals surface area contributed by atoms with E-state index in [4.69, 9.17) is 8.92 Å². The molecule has 6 heteroatoms. The minimum Gasteiger partial charge on any atom is -0.391 e. The van der Waals surface area contributed by atoms with Gasteiger partial charge in [-0.2, -0.15) is 8.42 Å². The van der Waals surface area contributed by atoms with Crippen LogP contribution >= 0.6 is 0 Å². The SMILES string of the molecule is C=CC[C@@H](C[C@H](O)COS(=O)(=O)c1ccc(C)cc1)OCc1ccccc1. The molecule has 0 amide bonds. The van der Waals surface area contributed by atoms with Gasteiger partial charge in [0.25, 0.3) is 10.1 Å². The molecule has 2 rings (SSSR count). The van der Waals surface area contributed by atoms with Crippen molar-refractivity contribution in [2.75, 3.05) is 6.61 Å². The Morgan fingerprint density at radius 3 is 2.41 bits per heavy atom. The minimum absolute atomic E-state index is 0.0725. The third-order valence-electron chi connectivity index (χ3n) is 4.02. The lowest BCUT2D eigenvalue weighted by molar-refractivity contribution is -0.00480. The maximum atomic E-state index is 12.2. The standard InChI is InChI=1S/C21H26O5S/c1-3-7-20(25-15-18-8-5-4-6-9-18)14-19(22)16-26-27(23,24)21-12-10-17(2)11-13-21/h3-6,8-13,19-20,22H,1,7,14-16H2,2H3/t19-,20-/m0/s1. The highest BCUT2D eigenvalue weighted by molar-refractivity contribution is 7.86. The Kier molecular flexibility index (Phi) is 8.19. The number of ether oxygens (including phenoxy) is 1. The number of hydrogen-bond donors (Lipinski definition) is 1. The molecule has 1 N–H and O–H groups in total. The molecule has 0 heterocycles. The van der Waals surface area contributed by atoms with Gasteiger partial charge in [0.05, 0.1) is 30.3 Å². The van der Waals surface area contributed by atoms with Crippen LogP contribution in [-0.4, -0.2) is 32.3 Å². The number of hydrogen-bond acceptors (Lipinski definition) is 5. The molecule has 0 bridgehead atoms. The van der Waals surface area contributed by atoms with E-state index in [0.717, 1.165) is 11.1 Å². The van der Waals surface area contributed by atoms with Crippen molar-refractivity contribution in [3.8, 4) is 0 Å². The molecule has 0 aliphatic rings. The molecule has 27 heavy (non-hydrogen) atoms. The molecule has 0 unspecified atom stereocenters. The normalized spacial score (nSPS) is 13.9. The zero-order valence-electron chi connectivity index (χ0n) is 15.5. The van der Waals surface area contributed by atoms with Gasteiger partial charge in [-0.15, -0.1) is 6.58 Å². The van der Waals surface area contributed by atoms with Crippen LogP contribution in [-0.2, 0) is 25.6 Å². The summed E-state index contributed by atoms with van der Waals surface area (Å²) >= 11 is 0. The zero-order valence-corrected chi connectivity index (χ0v) is 16.3. The van der Waals surface area contributed by atoms with E-state index in [9.17, 15) is 13.5 Å². The zero-order chi connectivity index (χ0) is 19.7. The average Bonchev–Trinajstić information content (AvgIpc) is 2.66. The summed E-state index contributed by atoms with van der Waals surface area (Å²) in [5, 5.41) is 10.2. The molecule has 0 aliphatic heterocycles. The van der Waals surface area contributed by atoms with E-state index < -0.39 is 16.2 Å². The molecule has 2 aromatic carbocycles. The molecule has 0 spiro atoms. The second kappa shape index (κ2) is 10.4. The maximum Gasteiger partial charge on any atom is 0.297 e. The topological polar surface area (TPSA) is 72.8 Å². The van der Waals surface area contributed by atoms with Crippen LogP contribution in [0.3, 0.4) is 0 Å². The van der Waals surface area contributed by atoms with Crippen molar-refractivity contribution in [2.45, 2.75) is 43.5 Å². The highest BCUT2D eigenvalue weighted by atomic mass is 32.2. The molecule has 5 nitrogen and oxygen atoms in total. The summed E-state index contributed by atoms with van der Waals surface area (Å²) in [5.41, 5.74) is 1.98. The van der Waals surface area contributed by atoms with Crippen LogP contribution in [0.5, 0.6) is 0 Å². The lowest BCUT2D eigenvalue weighted by atomic mass is 10.1. The van der Waals surface area contributed by atoms with Gasteiger partial charge in [-0.1, -0.05) is 54.1 Å². The second-order valence-corrected chi connectivity index (χ2v) is 8.00. The third-order valence-corrected chi connectivity index (χ3v) is 5.31. The largest absolute Gasteiger partial charge is 0.391 e. The predicted molar refractivity (Wildman–Crippen MR) is 105 cm³/mol. The number of benzene rings is 2. The highest BCUT2D eigenvalue weighted by Gasteiger charge is 2.20. The highest BCUT2D eigenvalue weighted by Crippen LogP contribution is 2.16. The Bertz CT molecular complexity index is 800. The molecule has 0 aliphatic carbocycles. The molecule has 146 valence electrons. The minimum atomic E-state index is -3.90. The van der Waals surface area contributed by atoms with Gasteiger partial charge in [-0.3, -0.25) is 4.18 Å². The number of aryl methyl sites for hydroxylation is 1. The van der Waals surface area contributed by atoms with Gasteiger partial charge in [0.1, 0.15) is 0 Å². The lowest BCUT2D eigenvalue weighted by Gasteiger charge is -2.20. The van der Waals surface area contributed by atoms with Crippen LogP contribution < -0.4 is 0 Å². The lowest BCUT2D eigenvalue weighted by Crippen LogP contribution is -2.25. The van der Waals surface area contributed by atoms with Crippen LogP contribution in [0.1, 0.15) is 24.0 Å². The summed E-state index contributed by atoms with van der Waals surface area (Å²) in [6, 6.07) is 16.1. The quantitative estimate of drug-likeness (QED) is 0.469. The predicted octanol–water partition coefficient (Wildman–Crippen LogP) is 3.61. The van der Waals surface area contributed by atoms with Crippen molar-refractivity contribution >= 4 is 10.1 Å². The first-order valence-electron chi connectivity index (χ1n) is 8.81. The van der Waals surface area contributed by atoms with E-state index in [1.807, 2.05) is 37.3 Å². The van der Waals surface area contributed by atoms with Crippen molar-refractivity contribution in [2.24, 2.45) is 0 Å². The van der Waals surface area contributed by atoms with Crippen LogP contribution in [0, 0.1) is 6.92 Å². The van der Waals surface area contributed by atoms with Gasteiger partial charge < -0.3 is 9.84 Å². The number of aliphatic hydroxyl groups is 1. The van der Waals surface area contributed by atoms with Gasteiger partial charge in [-0.05, 0) is 31.0 Å². The van der Waals surface area contributed by atoms with Crippen molar-refractivity contribution in [1.82, 2.24) is 0 Å². The summed E-state index contributed by atoms with van der Waals surface area (Å²) in [6.07, 6.45) is 1.28. The fourth-order valence-electron chi connectivity index (χ4n) is 2.52. The van der Waals surface area contributed by atoms with E-state index >= 15 is 0 Å². The molecule has 0 saturated carbocycles. The smallest absolute Gasteiger partial charge is 0.297 e. The van der Waals surface area contributed by atoms with Crippen molar-refractivity contribution < 1.29 is 22.4 Å². The van der Waals surface area contributed by atoms with Crippen molar-refractivity contribution in [3.63, 3.8) is 0 Å². The molecular weight excluding hydrogens is 364 g/mol. The Balaban J connectivity index is 1.86. The first-order chi connectivity index (χ1) is 12.9. The Labute approximate surface area is 161 Å². The Morgan fingerprint density at radius 2 is 1.78 bits per heavy atom. The van der Waals surface area contributed by atoms with Crippen molar-refractivity contribution in [3.05, 3.63) is 78.4 Å². The summed E-state index contributed by atoms with van der Waals surface area (Å²) in [6.45, 7) is 5.67. The van der Waals surface area contributed by atoms with E-state index in [2.05, 4.69) is 6.58 Å². The summed E-state index contributed by atoms with van der Waals surface area (Å²) in [4.78, 5) is 0.0725. The fraction of sp³-hybridized carbons (Fsp3) is 0.333. The molecule has 0 saturated heterocycles. The Morgan fingerprint density at radius 1 is 1.11 bits per heavy atom. The molecule has 0 aromatic heterocycles. The van der Waals surface area contributed by atoms with E-state index in [-0.39, 0.29) is 24.0 Å². The monoisotopic (exact) mass is 390 g/mol. The summed E-state index contributed by atoms with van der Waals surface area (Å²) in [5.74, 6) is 0. The van der Waals surface area contributed by atoms with Gasteiger partial charge in [0.15, 0.2) is 0 Å². The molecule has 2 aromatic rings.